The molecule has 0 amide bonds. The molecule has 0 aromatic heterocycles. The van der Waals surface area contributed by atoms with Crippen LogP contribution in [0.1, 0.15) is 51.4 Å². The van der Waals surface area contributed by atoms with Crippen LogP contribution >= 0.6 is 0 Å². The summed E-state index contributed by atoms with van der Waals surface area (Å²) in [6.45, 7) is 0. The highest BCUT2D eigenvalue weighted by Gasteiger charge is 2.38. The van der Waals surface area contributed by atoms with Crippen LogP contribution in [0.25, 0.3) is 0 Å². The average Bonchev–Trinajstić information content (AvgIpc) is 2.38. The second-order valence-electron chi connectivity index (χ2n) is 6.23. The molecular formula is C15H20F4O2. The third-order valence-corrected chi connectivity index (χ3v) is 4.55. The van der Waals surface area contributed by atoms with Crippen molar-refractivity contribution in [2.45, 2.75) is 63.2 Å². The number of rotatable bonds is 3. The van der Waals surface area contributed by atoms with Gasteiger partial charge in [0.15, 0.2) is 5.78 Å². The zero-order valence-electron chi connectivity index (χ0n) is 11.8. The zero-order chi connectivity index (χ0) is 15.7. The monoisotopic (exact) mass is 308 g/mol. The summed E-state index contributed by atoms with van der Waals surface area (Å²) in [5.41, 5.74) is 0. The van der Waals surface area contributed by atoms with Gasteiger partial charge in [-0.3, -0.25) is 4.79 Å². The normalized spacial score (nSPS) is 27.5. The van der Waals surface area contributed by atoms with Gasteiger partial charge in [-0.05, 0) is 25.7 Å². The predicted octanol–water partition coefficient (Wildman–Crippen LogP) is 4.65. The molecule has 2 nitrogen and oxygen atoms in total. The predicted molar refractivity (Wildman–Crippen MR) is 69.5 cm³/mol. The van der Waals surface area contributed by atoms with Crippen molar-refractivity contribution < 1.29 is 27.5 Å². The minimum atomic E-state index is -2.70. The Bertz CT molecular complexity index is 411. The molecule has 0 spiro atoms. The third-order valence-electron chi connectivity index (χ3n) is 4.55. The average molecular weight is 308 g/mol. The zero-order valence-corrected chi connectivity index (χ0v) is 11.8. The van der Waals surface area contributed by atoms with Gasteiger partial charge in [0, 0.05) is 43.6 Å². The van der Waals surface area contributed by atoms with Crippen molar-refractivity contribution in [2.75, 3.05) is 0 Å². The molecule has 0 aromatic rings. The molecule has 2 aliphatic carbocycles. The molecule has 1 N–H and O–H groups in total. The van der Waals surface area contributed by atoms with E-state index in [0.29, 0.717) is 0 Å². The number of carbonyl (C=O) groups excluding carboxylic acids is 1. The Balaban J connectivity index is 1.89. The molecule has 0 aliphatic heterocycles. The molecule has 0 bridgehead atoms. The van der Waals surface area contributed by atoms with Crippen molar-refractivity contribution in [2.24, 2.45) is 11.8 Å². The van der Waals surface area contributed by atoms with Crippen LogP contribution in [0, 0.1) is 11.8 Å². The molecule has 21 heavy (non-hydrogen) atoms. The van der Waals surface area contributed by atoms with Crippen LogP contribution in [0.5, 0.6) is 0 Å². The Morgan fingerprint density at radius 2 is 1.24 bits per heavy atom. The lowest BCUT2D eigenvalue weighted by Crippen LogP contribution is -2.29. The van der Waals surface area contributed by atoms with E-state index >= 15 is 0 Å². The van der Waals surface area contributed by atoms with Gasteiger partial charge in [0.1, 0.15) is 0 Å². The first-order valence-electron chi connectivity index (χ1n) is 7.39. The van der Waals surface area contributed by atoms with Crippen LogP contribution in [-0.4, -0.2) is 22.7 Å². The van der Waals surface area contributed by atoms with Gasteiger partial charge in [0.2, 0.25) is 11.8 Å². The summed E-state index contributed by atoms with van der Waals surface area (Å²) in [5.74, 6) is -6.82. The minimum Gasteiger partial charge on any atom is -0.512 e. The highest BCUT2D eigenvalue weighted by molar-refractivity contribution is 5.92. The Morgan fingerprint density at radius 1 is 0.857 bits per heavy atom. The Kier molecular flexibility index (Phi) is 4.63. The van der Waals surface area contributed by atoms with Crippen LogP contribution in [0.4, 0.5) is 17.6 Å². The molecular weight excluding hydrogens is 288 g/mol. The minimum absolute atomic E-state index is 0.109. The molecule has 0 atom stereocenters. The second kappa shape index (κ2) is 5.97. The van der Waals surface area contributed by atoms with Crippen molar-refractivity contribution in [3.8, 4) is 0 Å². The van der Waals surface area contributed by atoms with Crippen LogP contribution < -0.4 is 0 Å². The molecule has 0 heterocycles. The van der Waals surface area contributed by atoms with Gasteiger partial charge < -0.3 is 5.11 Å². The highest BCUT2D eigenvalue weighted by Crippen LogP contribution is 2.39. The summed E-state index contributed by atoms with van der Waals surface area (Å²) >= 11 is 0. The van der Waals surface area contributed by atoms with Crippen molar-refractivity contribution in [3.05, 3.63) is 11.8 Å². The number of aliphatic hydroxyl groups excluding tert-OH is 1. The van der Waals surface area contributed by atoms with E-state index in [1.165, 1.54) is 0 Å². The number of hydrogen-bond donors (Lipinski definition) is 1. The summed E-state index contributed by atoms with van der Waals surface area (Å²) in [6.07, 6.45) is 0.371. The second-order valence-corrected chi connectivity index (χ2v) is 6.23. The first-order valence-corrected chi connectivity index (χ1v) is 7.39. The molecule has 0 unspecified atom stereocenters. The maximum Gasteiger partial charge on any atom is 0.248 e. The van der Waals surface area contributed by atoms with E-state index in [0.717, 1.165) is 6.08 Å². The topological polar surface area (TPSA) is 37.3 Å². The fourth-order valence-electron chi connectivity index (χ4n) is 3.04. The van der Waals surface area contributed by atoms with Gasteiger partial charge in [-0.15, -0.1) is 0 Å². The van der Waals surface area contributed by atoms with Crippen molar-refractivity contribution in [1.29, 1.82) is 0 Å². The molecule has 0 radical (unpaired) electrons. The SMILES string of the molecule is O=C(/C=C(\O)C1CCC(F)(F)CC1)C1CCC(F)(F)CC1. The van der Waals surface area contributed by atoms with Crippen molar-refractivity contribution >= 4 is 5.78 Å². The maximum atomic E-state index is 13.0. The van der Waals surface area contributed by atoms with E-state index in [1.807, 2.05) is 0 Å². The smallest absolute Gasteiger partial charge is 0.248 e. The Morgan fingerprint density at radius 3 is 1.67 bits per heavy atom. The van der Waals surface area contributed by atoms with Gasteiger partial charge in [0.05, 0.1) is 5.76 Å². The van der Waals surface area contributed by atoms with E-state index in [-0.39, 0.29) is 62.9 Å². The standard InChI is InChI=1S/C15H20F4O2/c16-14(17)5-1-10(2-6-14)12(20)9-13(21)11-3-7-15(18,19)8-4-11/h9-11,20H,1-8H2/b12-9-. The van der Waals surface area contributed by atoms with E-state index in [4.69, 9.17) is 0 Å². The quantitative estimate of drug-likeness (QED) is 0.468. The fourth-order valence-corrected chi connectivity index (χ4v) is 3.04. The number of alkyl halides is 4. The van der Waals surface area contributed by atoms with Gasteiger partial charge in [-0.1, -0.05) is 0 Å². The number of allylic oxidation sites excluding steroid dienone is 2. The first-order chi connectivity index (χ1) is 9.69. The van der Waals surface area contributed by atoms with Gasteiger partial charge in [0.25, 0.3) is 0 Å². The van der Waals surface area contributed by atoms with E-state index in [9.17, 15) is 27.5 Å². The molecule has 2 aliphatic rings. The molecule has 0 saturated heterocycles. The Hall–Kier alpha value is -1.07. The molecule has 2 saturated carbocycles. The lowest BCUT2D eigenvalue weighted by atomic mass is 9.82. The molecule has 2 fully saturated rings. The van der Waals surface area contributed by atoms with Crippen molar-refractivity contribution in [3.63, 3.8) is 0 Å². The lowest BCUT2D eigenvalue weighted by Gasteiger charge is -2.28. The van der Waals surface area contributed by atoms with E-state index < -0.39 is 23.7 Å². The summed E-state index contributed by atoms with van der Waals surface area (Å²) in [5, 5.41) is 9.90. The third kappa shape index (κ3) is 4.45. The summed E-state index contributed by atoms with van der Waals surface area (Å²) in [4.78, 5) is 12.0. The summed E-state index contributed by atoms with van der Waals surface area (Å²) in [6, 6.07) is 0. The number of halogens is 4. The van der Waals surface area contributed by atoms with Crippen molar-refractivity contribution in [1.82, 2.24) is 0 Å². The summed E-state index contributed by atoms with van der Waals surface area (Å²) < 4.78 is 52.1. The number of carbonyl (C=O) groups is 1. The van der Waals surface area contributed by atoms with Crippen LogP contribution in [0.2, 0.25) is 0 Å². The van der Waals surface area contributed by atoms with Crippen LogP contribution in [0.3, 0.4) is 0 Å². The lowest BCUT2D eigenvalue weighted by molar-refractivity contribution is -0.122. The van der Waals surface area contributed by atoms with E-state index in [1.54, 1.807) is 0 Å². The maximum absolute atomic E-state index is 13.0. The molecule has 0 aromatic carbocycles. The fraction of sp³-hybridized carbons (Fsp3) is 0.800. The number of hydrogen-bond acceptors (Lipinski definition) is 2. The largest absolute Gasteiger partial charge is 0.512 e. The van der Waals surface area contributed by atoms with Gasteiger partial charge in [-0.2, -0.15) is 0 Å². The Labute approximate surface area is 121 Å². The highest BCUT2D eigenvalue weighted by atomic mass is 19.3. The van der Waals surface area contributed by atoms with Gasteiger partial charge in [-0.25, -0.2) is 17.6 Å². The molecule has 120 valence electrons. The van der Waals surface area contributed by atoms with Crippen LogP contribution in [0.15, 0.2) is 11.8 Å². The summed E-state index contributed by atoms with van der Waals surface area (Å²) in [7, 11) is 0. The number of ketones is 1. The van der Waals surface area contributed by atoms with Crippen LogP contribution in [-0.2, 0) is 4.79 Å². The molecule has 6 heteroatoms. The number of aliphatic hydroxyl groups is 1. The molecule has 2 rings (SSSR count). The van der Waals surface area contributed by atoms with Gasteiger partial charge >= 0.3 is 0 Å². The van der Waals surface area contributed by atoms with E-state index in [2.05, 4.69) is 0 Å². The first kappa shape index (κ1) is 16.3.